The summed E-state index contributed by atoms with van der Waals surface area (Å²) in [6.45, 7) is 3.75. The van der Waals surface area contributed by atoms with Crippen molar-refractivity contribution in [1.29, 1.82) is 0 Å². The van der Waals surface area contributed by atoms with E-state index in [0.29, 0.717) is 0 Å². The number of hydrogen-bond acceptors (Lipinski definition) is 5. The molecule has 92 valence electrons. The number of carbonyl (C=O) groups is 1. The highest BCUT2D eigenvalue weighted by Gasteiger charge is 2.42. The van der Waals surface area contributed by atoms with E-state index in [0.717, 1.165) is 0 Å². The van der Waals surface area contributed by atoms with Gasteiger partial charge in [-0.3, -0.25) is 4.79 Å². The van der Waals surface area contributed by atoms with E-state index in [2.05, 4.69) is 0 Å². The average Bonchev–Trinajstić information content (AvgIpc) is 2.58. The molecule has 16 heavy (non-hydrogen) atoms. The first kappa shape index (κ1) is 13.4. The quantitative estimate of drug-likeness (QED) is 0.417. The molecule has 3 atom stereocenters. The maximum Gasteiger partial charge on any atom is 0.475 e. The lowest BCUT2D eigenvalue weighted by atomic mass is 9.77. The van der Waals surface area contributed by atoms with Gasteiger partial charge in [-0.25, -0.2) is 0 Å². The predicted molar refractivity (Wildman–Crippen MR) is 59.1 cm³/mol. The van der Waals surface area contributed by atoms with Crippen molar-refractivity contribution >= 4 is 13.0 Å². The maximum absolute atomic E-state index is 11.9. The zero-order valence-electron chi connectivity index (χ0n) is 9.58. The van der Waals surface area contributed by atoms with Gasteiger partial charge in [0, 0.05) is 6.54 Å². The van der Waals surface area contributed by atoms with Gasteiger partial charge in [-0.2, -0.15) is 0 Å². The topological polar surface area (TPSA) is 107 Å². The lowest BCUT2D eigenvalue weighted by molar-refractivity contribution is -0.133. The summed E-state index contributed by atoms with van der Waals surface area (Å²) in [6, 6.07) is -0.674. The molecule has 1 amide bonds. The molecule has 0 aliphatic carbocycles. The van der Waals surface area contributed by atoms with Gasteiger partial charge in [-0.1, -0.05) is 13.8 Å². The van der Waals surface area contributed by atoms with Crippen LogP contribution in [-0.2, 0) is 4.79 Å². The third-order valence-electron chi connectivity index (χ3n) is 2.95. The number of carbonyl (C=O) groups excluding carboxylic acids is 1. The van der Waals surface area contributed by atoms with Gasteiger partial charge in [0.1, 0.15) is 0 Å². The molecule has 1 rings (SSSR count). The first-order chi connectivity index (χ1) is 7.34. The third-order valence-corrected chi connectivity index (χ3v) is 2.95. The Balaban J connectivity index is 2.74. The molecule has 0 aromatic rings. The third kappa shape index (κ3) is 2.73. The van der Waals surface area contributed by atoms with Crippen molar-refractivity contribution in [3.05, 3.63) is 0 Å². The Kier molecular flexibility index (Phi) is 4.31. The van der Waals surface area contributed by atoms with Crippen molar-refractivity contribution in [3.8, 4) is 0 Å². The van der Waals surface area contributed by atoms with E-state index in [9.17, 15) is 9.90 Å². The fraction of sp³-hybridized carbons (Fsp3) is 0.889. The molecule has 1 heterocycles. The van der Waals surface area contributed by atoms with Crippen LogP contribution in [0.15, 0.2) is 0 Å². The van der Waals surface area contributed by atoms with Crippen LogP contribution in [0.25, 0.3) is 0 Å². The fourth-order valence-electron chi connectivity index (χ4n) is 1.86. The first-order valence-corrected chi connectivity index (χ1v) is 5.44. The second-order valence-electron chi connectivity index (χ2n) is 4.63. The van der Waals surface area contributed by atoms with Crippen molar-refractivity contribution in [2.75, 3.05) is 6.54 Å². The van der Waals surface area contributed by atoms with Crippen LogP contribution in [0.2, 0.25) is 0 Å². The summed E-state index contributed by atoms with van der Waals surface area (Å²) >= 11 is 0. The van der Waals surface area contributed by atoms with Crippen LogP contribution in [0.1, 0.15) is 20.3 Å². The van der Waals surface area contributed by atoms with Crippen molar-refractivity contribution in [2.24, 2.45) is 11.7 Å². The first-order valence-electron chi connectivity index (χ1n) is 5.44. The van der Waals surface area contributed by atoms with Crippen LogP contribution in [0, 0.1) is 5.92 Å². The Morgan fingerprint density at radius 3 is 2.50 bits per heavy atom. The van der Waals surface area contributed by atoms with Crippen LogP contribution in [0.3, 0.4) is 0 Å². The largest absolute Gasteiger partial charge is 0.475 e. The second kappa shape index (κ2) is 5.14. The summed E-state index contributed by atoms with van der Waals surface area (Å²) in [5.74, 6) is -1.13. The minimum atomic E-state index is -1.64. The Hall–Kier alpha value is -0.625. The monoisotopic (exact) mass is 230 g/mol. The molecule has 0 unspecified atom stereocenters. The molecular formula is C9H19BN2O4. The van der Waals surface area contributed by atoms with Crippen LogP contribution in [0.5, 0.6) is 0 Å². The number of likely N-dealkylation sites (tertiary alicyclic amines) is 1. The number of amides is 1. The molecule has 1 saturated heterocycles. The van der Waals surface area contributed by atoms with Gasteiger partial charge >= 0.3 is 7.12 Å². The van der Waals surface area contributed by atoms with Crippen LogP contribution in [0.4, 0.5) is 0 Å². The zero-order chi connectivity index (χ0) is 12.5. The molecule has 0 spiro atoms. The molecule has 7 heteroatoms. The molecule has 1 aliphatic rings. The Morgan fingerprint density at radius 2 is 2.06 bits per heavy atom. The highest BCUT2D eigenvalue weighted by atomic mass is 16.4. The highest BCUT2D eigenvalue weighted by molar-refractivity contribution is 6.43. The van der Waals surface area contributed by atoms with Crippen LogP contribution < -0.4 is 5.73 Å². The molecule has 0 radical (unpaired) electrons. The molecule has 0 aromatic carbocycles. The van der Waals surface area contributed by atoms with E-state index >= 15 is 0 Å². The Labute approximate surface area is 95.2 Å². The lowest BCUT2D eigenvalue weighted by Gasteiger charge is -2.27. The number of β-amino-alcohol motifs (C(OH)–C–C–N with tert-alkyl or cyclic N) is 1. The summed E-state index contributed by atoms with van der Waals surface area (Å²) in [5, 5.41) is 27.7. The molecule has 6 nitrogen and oxygen atoms in total. The SMILES string of the molecule is CC(C)[C@H](N)C(=O)N1C[C@H](O)C[C@H]1B(O)O. The number of aliphatic hydroxyl groups is 1. The van der Waals surface area contributed by atoms with Crippen LogP contribution in [-0.4, -0.2) is 57.7 Å². The molecule has 0 aromatic heterocycles. The van der Waals surface area contributed by atoms with Gasteiger partial charge in [0.15, 0.2) is 0 Å². The summed E-state index contributed by atoms with van der Waals surface area (Å²) < 4.78 is 0. The van der Waals surface area contributed by atoms with Crippen molar-refractivity contribution in [2.45, 2.75) is 38.4 Å². The van der Waals surface area contributed by atoms with Gasteiger partial charge in [0.05, 0.1) is 18.1 Å². The molecule has 5 N–H and O–H groups in total. The number of rotatable bonds is 3. The van der Waals surface area contributed by atoms with E-state index in [1.807, 2.05) is 13.8 Å². The second-order valence-corrected chi connectivity index (χ2v) is 4.63. The van der Waals surface area contributed by atoms with Gasteiger partial charge in [0.25, 0.3) is 0 Å². The predicted octanol–water partition coefficient (Wildman–Crippen LogP) is -2.06. The van der Waals surface area contributed by atoms with E-state index in [1.54, 1.807) is 0 Å². The fourth-order valence-corrected chi connectivity index (χ4v) is 1.86. The van der Waals surface area contributed by atoms with Gasteiger partial charge in [-0.05, 0) is 12.3 Å². The van der Waals surface area contributed by atoms with E-state index in [-0.39, 0.29) is 24.8 Å². The standard InChI is InChI=1S/C9H19BN2O4/c1-5(2)8(11)9(14)12-4-6(13)3-7(12)10(15)16/h5-8,13,15-16H,3-4,11H2,1-2H3/t6-,7+,8+/m1/s1. The van der Waals surface area contributed by atoms with E-state index < -0.39 is 25.2 Å². The number of hydrogen-bond donors (Lipinski definition) is 4. The van der Waals surface area contributed by atoms with E-state index in [1.165, 1.54) is 4.90 Å². The number of nitrogens with two attached hydrogens (primary N) is 1. The summed E-state index contributed by atoms with van der Waals surface area (Å²) in [7, 11) is -1.64. The lowest BCUT2D eigenvalue weighted by Crippen LogP contribution is -2.52. The normalized spacial score (nSPS) is 27.3. The van der Waals surface area contributed by atoms with Gasteiger partial charge in [-0.15, -0.1) is 0 Å². The van der Waals surface area contributed by atoms with Crippen molar-refractivity contribution in [3.63, 3.8) is 0 Å². The molecule has 1 fully saturated rings. The number of aliphatic hydroxyl groups excluding tert-OH is 1. The summed E-state index contributed by atoms with van der Waals surface area (Å²) in [4.78, 5) is 13.2. The van der Waals surface area contributed by atoms with Crippen molar-refractivity contribution < 1.29 is 19.9 Å². The van der Waals surface area contributed by atoms with Gasteiger partial charge in [0.2, 0.25) is 5.91 Å². The minimum absolute atomic E-state index is 0.0262. The number of nitrogens with zero attached hydrogens (tertiary/aromatic N) is 1. The Bertz CT molecular complexity index is 262. The summed E-state index contributed by atoms with van der Waals surface area (Å²) in [6.07, 6.45) is -0.538. The smallest absolute Gasteiger partial charge is 0.426 e. The molecule has 1 aliphatic heterocycles. The van der Waals surface area contributed by atoms with Gasteiger partial charge < -0.3 is 25.8 Å². The molecular weight excluding hydrogens is 211 g/mol. The van der Waals surface area contributed by atoms with E-state index in [4.69, 9.17) is 15.8 Å². The minimum Gasteiger partial charge on any atom is -0.426 e. The highest BCUT2D eigenvalue weighted by Crippen LogP contribution is 2.20. The molecule has 0 saturated carbocycles. The summed E-state index contributed by atoms with van der Waals surface area (Å²) in [5.41, 5.74) is 5.71. The Morgan fingerprint density at radius 1 is 1.50 bits per heavy atom. The molecule has 0 bridgehead atoms. The zero-order valence-corrected chi connectivity index (χ0v) is 9.58. The maximum atomic E-state index is 11.9. The average molecular weight is 230 g/mol. The van der Waals surface area contributed by atoms with Crippen LogP contribution >= 0.6 is 0 Å². The van der Waals surface area contributed by atoms with Crippen molar-refractivity contribution in [1.82, 2.24) is 4.90 Å².